The van der Waals surface area contributed by atoms with Crippen molar-refractivity contribution in [1.82, 2.24) is 5.32 Å². The summed E-state index contributed by atoms with van der Waals surface area (Å²) in [5, 5.41) is 3.00. The Balaban J connectivity index is 1.81. The molecule has 0 saturated carbocycles. The molecule has 2 atom stereocenters. The van der Waals surface area contributed by atoms with Gasteiger partial charge in [-0.2, -0.15) is 0 Å². The molecule has 1 N–H and O–H groups in total. The van der Waals surface area contributed by atoms with E-state index >= 15 is 0 Å². The molecule has 5 nitrogen and oxygen atoms in total. The van der Waals surface area contributed by atoms with E-state index in [-0.39, 0.29) is 17.9 Å². The lowest BCUT2D eigenvalue weighted by atomic mass is 9.90. The Morgan fingerprint density at radius 1 is 1.29 bits per heavy atom. The number of benzene rings is 2. The zero-order valence-electron chi connectivity index (χ0n) is 13.4. The molecule has 0 aromatic heterocycles. The van der Waals surface area contributed by atoms with Crippen LogP contribution in [0, 0.1) is 5.82 Å². The fourth-order valence-corrected chi connectivity index (χ4v) is 3.50. The van der Waals surface area contributed by atoms with Crippen molar-refractivity contribution >= 4 is 11.7 Å². The zero-order chi connectivity index (χ0) is 16.9. The molecule has 4 rings (SSSR count). The van der Waals surface area contributed by atoms with Crippen molar-refractivity contribution < 1.29 is 18.7 Å². The monoisotopic (exact) mass is 328 g/mol. The fraction of sp³-hybridized carbons (Fsp3) is 0.278. The molecule has 2 aliphatic rings. The molecule has 2 heterocycles. The number of hydrogen-bond acceptors (Lipinski definition) is 3. The number of amides is 2. The third-order valence-electron chi connectivity index (χ3n) is 4.57. The second-order valence-corrected chi connectivity index (χ2v) is 6.17. The smallest absolute Gasteiger partial charge is 0.325 e. The molecule has 2 aliphatic heterocycles. The maximum absolute atomic E-state index is 13.2. The number of nitrogens with one attached hydrogen (secondary N) is 1. The molecule has 2 aromatic carbocycles. The van der Waals surface area contributed by atoms with Gasteiger partial charge in [0.05, 0.1) is 13.2 Å². The first-order valence-electron chi connectivity index (χ1n) is 7.74. The van der Waals surface area contributed by atoms with Crippen molar-refractivity contribution in [2.75, 3.05) is 12.0 Å². The van der Waals surface area contributed by atoms with Crippen molar-refractivity contribution in [1.29, 1.82) is 0 Å². The van der Waals surface area contributed by atoms with E-state index < -0.39 is 5.72 Å². The van der Waals surface area contributed by atoms with Crippen molar-refractivity contribution in [3.63, 3.8) is 0 Å². The van der Waals surface area contributed by atoms with Gasteiger partial charge in [-0.25, -0.2) is 9.18 Å². The molecular weight excluding hydrogens is 311 g/mol. The second-order valence-electron chi connectivity index (χ2n) is 6.17. The first kappa shape index (κ1) is 14.8. The topological polar surface area (TPSA) is 50.8 Å². The average Bonchev–Trinajstić information content (AvgIpc) is 2.55. The van der Waals surface area contributed by atoms with E-state index in [9.17, 15) is 9.18 Å². The predicted octanol–water partition coefficient (Wildman–Crippen LogP) is 3.60. The summed E-state index contributed by atoms with van der Waals surface area (Å²) in [7, 11) is 1.59. The van der Waals surface area contributed by atoms with Crippen molar-refractivity contribution in [3.05, 3.63) is 53.8 Å². The molecule has 6 heteroatoms. The van der Waals surface area contributed by atoms with E-state index in [0.717, 1.165) is 5.56 Å². The summed E-state index contributed by atoms with van der Waals surface area (Å²) in [6.07, 6.45) is 0.580. The van der Waals surface area contributed by atoms with Gasteiger partial charge in [-0.1, -0.05) is 12.1 Å². The highest BCUT2D eigenvalue weighted by atomic mass is 19.1. The van der Waals surface area contributed by atoms with E-state index in [1.54, 1.807) is 19.2 Å². The first-order valence-corrected chi connectivity index (χ1v) is 7.74. The summed E-state index contributed by atoms with van der Waals surface area (Å²) in [5.74, 6) is 0.903. The van der Waals surface area contributed by atoms with Gasteiger partial charge < -0.3 is 14.8 Å². The van der Waals surface area contributed by atoms with E-state index in [4.69, 9.17) is 9.47 Å². The summed E-state index contributed by atoms with van der Waals surface area (Å²) in [5.41, 5.74) is 0.596. The molecule has 0 spiro atoms. The molecule has 2 amide bonds. The summed E-state index contributed by atoms with van der Waals surface area (Å²) >= 11 is 0. The van der Waals surface area contributed by atoms with Crippen LogP contribution in [0.2, 0.25) is 0 Å². The number of para-hydroxylation sites is 1. The Morgan fingerprint density at radius 2 is 2.04 bits per heavy atom. The number of urea groups is 1. The van der Waals surface area contributed by atoms with E-state index in [1.807, 2.05) is 25.1 Å². The van der Waals surface area contributed by atoms with Gasteiger partial charge in [-0.3, -0.25) is 4.90 Å². The summed E-state index contributed by atoms with van der Waals surface area (Å²) in [4.78, 5) is 14.2. The minimum atomic E-state index is -0.882. The van der Waals surface area contributed by atoms with Crippen molar-refractivity contribution in [2.24, 2.45) is 0 Å². The van der Waals surface area contributed by atoms with Crippen LogP contribution in [0.4, 0.5) is 14.9 Å². The first-order chi connectivity index (χ1) is 11.5. The van der Waals surface area contributed by atoms with Gasteiger partial charge in [0.15, 0.2) is 17.2 Å². The number of halogens is 1. The molecule has 2 aromatic rings. The summed E-state index contributed by atoms with van der Waals surface area (Å²) in [6, 6.07) is 11.0. The maximum Gasteiger partial charge on any atom is 0.325 e. The Kier molecular flexibility index (Phi) is 3.16. The third-order valence-corrected chi connectivity index (χ3v) is 4.57. The van der Waals surface area contributed by atoms with Gasteiger partial charge >= 0.3 is 6.03 Å². The highest BCUT2D eigenvalue weighted by Gasteiger charge is 2.50. The molecule has 124 valence electrons. The summed E-state index contributed by atoms with van der Waals surface area (Å²) in [6.45, 7) is 1.86. The maximum atomic E-state index is 13.2. The SMILES string of the molecule is COc1cccc2c1OC1(C)CC2NC(=O)N1c1ccc(F)cc1. The van der Waals surface area contributed by atoms with Crippen molar-refractivity contribution in [3.8, 4) is 11.5 Å². The highest BCUT2D eigenvalue weighted by Crippen LogP contribution is 2.48. The number of carbonyl (C=O) groups excluding carboxylic acids is 1. The number of fused-ring (bicyclic) bond motifs is 4. The number of ether oxygens (including phenoxy) is 2. The molecule has 2 bridgehead atoms. The standard InChI is InChI=1S/C18H17FN2O3/c1-18-10-14(13-4-3-5-15(23-2)16(13)24-18)20-17(22)21(18)12-8-6-11(19)7-9-12/h3-9,14H,10H2,1-2H3,(H,20,22). The highest BCUT2D eigenvalue weighted by molar-refractivity contribution is 5.95. The van der Waals surface area contributed by atoms with E-state index in [1.165, 1.54) is 17.0 Å². The van der Waals surface area contributed by atoms with Crippen LogP contribution in [-0.2, 0) is 0 Å². The molecular formula is C18H17FN2O3. The van der Waals surface area contributed by atoms with Crippen LogP contribution in [0.15, 0.2) is 42.5 Å². The quantitative estimate of drug-likeness (QED) is 0.916. The number of carbonyl (C=O) groups is 1. The average molecular weight is 328 g/mol. The lowest BCUT2D eigenvalue weighted by Crippen LogP contribution is -2.65. The molecule has 24 heavy (non-hydrogen) atoms. The second kappa shape index (κ2) is 5.12. The summed E-state index contributed by atoms with van der Waals surface area (Å²) < 4.78 is 24.9. The normalized spacial score (nSPS) is 24.7. The van der Waals surface area contributed by atoms with Crippen LogP contribution < -0.4 is 19.7 Å². The minimum absolute atomic E-state index is 0.155. The molecule has 0 radical (unpaired) electrons. The van der Waals surface area contributed by atoms with Crippen LogP contribution in [0.3, 0.4) is 0 Å². The van der Waals surface area contributed by atoms with Gasteiger partial charge in [-0.05, 0) is 37.3 Å². The van der Waals surface area contributed by atoms with Crippen LogP contribution in [0.1, 0.15) is 24.9 Å². The van der Waals surface area contributed by atoms with Gasteiger partial charge in [0.2, 0.25) is 0 Å². The number of rotatable bonds is 2. The van der Waals surface area contributed by atoms with E-state index in [0.29, 0.717) is 23.6 Å². The van der Waals surface area contributed by atoms with Gasteiger partial charge in [0.25, 0.3) is 0 Å². The van der Waals surface area contributed by atoms with Crippen LogP contribution in [-0.4, -0.2) is 18.9 Å². The Morgan fingerprint density at radius 3 is 2.75 bits per heavy atom. The number of methoxy groups -OCH3 is 1. The fourth-order valence-electron chi connectivity index (χ4n) is 3.50. The van der Waals surface area contributed by atoms with Gasteiger partial charge in [0.1, 0.15) is 5.82 Å². The Hall–Kier alpha value is -2.76. The van der Waals surface area contributed by atoms with Gasteiger partial charge in [-0.15, -0.1) is 0 Å². The van der Waals surface area contributed by atoms with Crippen LogP contribution >= 0.6 is 0 Å². The van der Waals surface area contributed by atoms with Crippen LogP contribution in [0.5, 0.6) is 11.5 Å². The lowest BCUT2D eigenvalue weighted by Gasteiger charge is -2.50. The minimum Gasteiger partial charge on any atom is -0.493 e. The van der Waals surface area contributed by atoms with Gasteiger partial charge in [0, 0.05) is 17.7 Å². The largest absolute Gasteiger partial charge is 0.493 e. The molecule has 1 saturated heterocycles. The number of anilines is 1. The Bertz CT molecular complexity index is 808. The van der Waals surface area contributed by atoms with E-state index in [2.05, 4.69) is 5.32 Å². The molecule has 0 aliphatic carbocycles. The molecule has 2 unspecified atom stereocenters. The van der Waals surface area contributed by atoms with Crippen molar-refractivity contribution in [2.45, 2.75) is 25.1 Å². The number of nitrogens with zero attached hydrogens (tertiary/aromatic N) is 1. The third kappa shape index (κ3) is 2.10. The lowest BCUT2D eigenvalue weighted by molar-refractivity contribution is 0.0349. The molecule has 1 fully saturated rings. The zero-order valence-corrected chi connectivity index (χ0v) is 13.4. The predicted molar refractivity (Wildman–Crippen MR) is 86.8 cm³/mol. The number of hydrogen-bond donors (Lipinski definition) is 1. The van der Waals surface area contributed by atoms with Crippen LogP contribution in [0.25, 0.3) is 0 Å². The Labute approximate surface area is 139 Å².